The minimum atomic E-state index is -0.112. The van der Waals surface area contributed by atoms with Gasteiger partial charge in [0.2, 0.25) is 11.0 Å². The molecule has 1 amide bonds. The van der Waals surface area contributed by atoms with Gasteiger partial charge in [0.15, 0.2) is 4.34 Å². The zero-order valence-corrected chi connectivity index (χ0v) is 14.1. The molecule has 0 spiro atoms. The van der Waals surface area contributed by atoms with Gasteiger partial charge < -0.3 is 0 Å². The molecule has 0 bridgehead atoms. The second-order valence-electron chi connectivity index (χ2n) is 5.09. The van der Waals surface area contributed by atoms with Crippen LogP contribution in [0, 0.1) is 6.92 Å². The van der Waals surface area contributed by atoms with Crippen LogP contribution in [0.3, 0.4) is 0 Å². The van der Waals surface area contributed by atoms with Crippen LogP contribution in [0.1, 0.15) is 30.8 Å². The molecule has 2 aromatic rings. The second kappa shape index (κ2) is 6.15. The van der Waals surface area contributed by atoms with E-state index in [0.717, 1.165) is 14.4 Å². The van der Waals surface area contributed by atoms with Crippen molar-refractivity contribution in [3.8, 4) is 0 Å². The van der Waals surface area contributed by atoms with E-state index in [-0.39, 0.29) is 11.3 Å². The van der Waals surface area contributed by atoms with E-state index in [1.54, 1.807) is 0 Å². The third-order valence-electron chi connectivity index (χ3n) is 2.15. The quantitative estimate of drug-likeness (QED) is 0.869. The van der Waals surface area contributed by atoms with Crippen LogP contribution in [0.2, 0.25) is 0 Å². The highest BCUT2D eigenvalue weighted by molar-refractivity contribution is 8.01. The SMILES string of the molecule is Cc1nnc(SCC(=O)Nc2nnc(C(C)(C)C)s2)s1. The maximum Gasteiger partial charge on any atom is 0.236 e. The first kappa shape index (κ1) is 15.3. The fourth-order valence-electron chi connectivity index (χ4n) is 1.20. The highest BCUT2D eigenvalue weighted by atomic mass is 32.2. The van der Waals surface area contributed by atoms with E-state index in [9.17, 15) is 4.79 Å². The highest BCUT2D eigenvalue weighted by Crippen LogP contribution is 2.28. The molecule has 0 unspecified atom stereocenters. The Kier molecular flexibility index (Phi) is 4.71. The molecular weight excluding hydrogens is 314 g/mol. The Balaban J connectivity index is 1.87. The van der Waals surface area contributed by atoms with Crippen LogP contribution in [0.4, 0.5) is 5.13 Å². The number of nitrogens with zero attached hydrogens (tertiary/aromatic N) is 4. The van der Waals surface area contributed by atoms with Crippen molar-refractivity contribution in [3.05, 3.63) is 10.0 Å². The lowest BCUT2D eigenvalue weighted by atomic mass is 9.98. The number of carbonyl (C=O) groups is 1. The Labute approximate surface area is 129 Å². The summed E-state index contributed by atoms with van der Waals surface area (Å²) in [6.45, 7) is 8.07. The number of hydrogen-bond acceptors (Lipinski definition) is 8. The van der Waals surface area contributed by atoms with E-state index in [1.807, 2.05) is 6.92 Å². The number of nitrogens with one attached hydrogen (secondary N) is 1. The van der Waals surface area contributed by atoms with Gasteiger partial charge in [0.05, 0.1) is 5.75 Å². The molecule has 0 aromatic carbocycles. The van der Waals surface area contributed by atoms with Crippen LogP contribution >= 0.6 is 34.4 Å². The van der Waals surface area contributed by atoms with E-state index >= 15 is 0 Å². The van der Waals surface area contributed by atoms with Gasteiger partial charge in [-0.3, -0.25) is 10.1 Å². The molecule has 2 rings (SSSR count). The van der Waals surface area contributed by atoms with E-state index in [1.165, 1.54) is 34.4 Å². The van der Waals surface area contributed by atoms with E-state index < -0.39 is 0 Å². The number of aryl methyl sites for hydroxylation is 1. The lowest BCUT2D eigenvalue weighted by Gasteiger charge is -2.12. The monoisotopic (exact) mass is 329 g/mol. The number of thioether (sulfide) groups is 1. The van der Waals surface area contributed by atoms with Crippen LogP contribution in [-0.4, -0.2) is 32.1 Å². The molecule has 1 N–H and O–H groups in total. The maximum atomic E-state index is 11.8. The molecule has 0 aliphatic rings. The third kappa shape index (κ3) is 4.22. The predicted molar refractivity (Wildman–Crippen MR) is 82.6 cm³/mol. The van der Waals surface area contributed by atoms with Crippen molar-refractivity contribution < 1.29 is 4.79 Å². The van der Waals surface area contributed by atoms with Gasteiger partial charge >= 0.3 is 0 Å². The molecule has 108 valence electrons. The minimum absolute atomic E-state index is 0.0561. The van der Waals surface area contributed by atoms with E-state index in [2.05, 4.69) is 46.5 Å². The van der Waals surface area contributed by atoms with Crippen molar-refractivity contribution in [2.45, 2.75) is 37.4 Å². The Morgan fingerprint density at radius 2 is 1.95 bits per heavy atom. The maximum absolute atomic E-state index is 11.8. The molecule has 0 fully saturated rings. The summed E-state index contributed by atoms with van der Waals surface area (Å²) >= 11 is 4.25. The zero-order chi connectivity index (χ0) is 14.8. The Hall–Kier alpha value is -1.06. The van der Waals surface area contributed by atoms with E-state index in [4.69, 9.17) is 0 Å². The molecule has 0 aliphatic heterocycles. The summed E-state index contributed by atoms with van der Waals surface area (Å²) in [5, 5.41) is 21.0. The van der Waals surface area contributed by atoms with Crippen molar-refractivity contribution in [1.29, 1.82) is 0 Å². The summed E-state index contributed by atoms with van der Waals surface area (Å²) in [4.78, 5) is 11.8. The van der Waals surface area contributed by atoms with E-state index in [0.29, 0.717) is 10.9 Å². The second-order valence-corrected chi connectivity index (χ2v) is 8.47. The van der Waals surface area contributed by atoms with Gasteiger partial charge in [0.1, 0.15) is 10.0 Å². The van der Waals surface area contributed by atoms with Crippen LogP contribution in [-0.2, 0) is 10.2 Å². The standard InChI is InChI=1S/C11H15N5OS3/c1-6-13-16-10(19-6)18-5-7(17)12-9-15-14-8(20-9)11(2,3)4/h5H2,1-4H3,(H,12,15,17). The molecule has 20 heavy (non-hydrogen) atoms. The van der Waals surface area contributed by atoms with Crippen molar-refractivity contribution >= 4 is 45.5 Å². The van der Waals surface area contributed by atoms with Crippen LogP contribution in [0.5, 0.6) is 0 Å². The van der Waals surface area contributed by atoms with Crippen molar-refractivity contribution in [2.75, 3.05) is 11.1 Å². The van der Waals surface area contributed by atoms with Crippen molar-refractivity contribution in [2.24, 2.45) is 0 Å². The molecule has 0 saturated heterocycles. The molecule has 0 aliphatic carbocycles. The molecule has 0 radical (unpaired) electrons. The van der Waals surface area contributed by atoms with Gasteiger partial charge in [0.25, 0.3) is 0 Å². The average Bonchev–Trinajstić information content (AvgIpc) is 2.95. The largest absolute Gasteiger partial charge is 0.300 e. The highest BCUT2D eigenvalue weighted by Gasteiger charge is 2.20. The van der Waals surface area contributed by atoms with Crippen LogP contribution < -0.4 is 5.32 Å². The first-order valence-electron chi connectivity index (χ1n) is 5.91. The fourth-order valence-corrected chi connectivity index (χ4v) is 3.63. The number of hydrogen-bond donors (Lipinski definition) is 1. The number of amides is 1. The smallest absolute Gasteiger partial charge is 0.236 e. The number of aromatic nitrogens is 4. The molecule has 2 heterocycles. The lowest BCUT2D eigenvalue weighted by Crippen LogP contribution is -2.13. The summed E-state index contributed by atoms with van der Waals surface area (Å²) in [5.41, 5.74) is -0.0561. The number of anilines is 1. The lowest BCUT2D eigenvalue weighted by molar-refractivity contribution is -0.113. The zero-order valence-electron chi connectivity index (χ0n) is 11.6. The summed E-state index contributed by atoms with van der Waals surface area (Å²) in [6, 6.07) is 0. The van der Waals surface area contributed by atoms with Gasteiger partial charge in [-0.05, 0) is 6.92 Å². The van der Waals surface area contributed by atoms with Gasteiger partial charge in [-0.15, -0.1) is 20.4 Å². The Morgan fingerprint density at radius 1 is 1.20 bits per heavy atom. The first-order chi connectivity index (χ1) is 9.34. The molecule has 9 heteroatoms. The number of rotatable bonds is 4. The average molecular weight is 329 g/mol. The van der Waals surface area contributed by atoms with Gasteiger partial charge in [0, 0.05) is 5.41 Å². The van der Waals surface area contributed by atoms with Crippen molar-refractivity contribution in [1.82, 2.24) is 20.4 Å². The molecule has 0 saturated carbocycles. The fraction of sp³-hybridized carbons (Fsp3) is 0.545. The minimum Gasteiger partial charge on any atom is -0.300 e. The number of carbonyl (C=O) groups excluding carboxylic acids is 1. The summed E-state index contributed by atoms with van der Waals surface area (Å²) in [6.07, 6.45) is 0. The summed E-state index contributed by atoms with van der Waals surface area (Å²) < 4.78 is 0.797. The van der Waals surface area contributed by atoms with Gasteiger partial charge in [-0.1, -0.05) is 55.2 Å². The molecule has 2 aromatic heterocycles. The third-order valence-corrected chi connectivity index (χ3v) is 5.38. The predicted octanol–water partition coefficient (Wildman–Crippen LogP) is 2.73. The van der Waals surface area contributed by atoms with Crippen molar-refractivity contribution in [3.63, 3.8) is 0 Å². The topological polar surface area (TPSA) is 80.7 Å². The Bertz CT molecular complexity index is 601. The van der Waals surface area contributed by atoms with Gasteiger partial charge in [-0.25, -0.2) is 0 Å². The molecule has 0 atom stereocenters. The van der Waals surface area contributed by atoms with Crippen LogP contribution in [0.15, 0.2) is 4.34 Å². The van der Waals surface area contributed by atoms with Gasteiger partial charge in [-0.2, -0.15) is 0 Å². The molecule has 6 nitrogen and oxygen atoms in total. The normalized spacial score (nSPS) is 11.6. The first-order valence-corrected chi connectivity index (χ1v) is 8.53. The summed E-state index contributed by atoms with van der Waals surface area (Å²) in [7, 11) is 0. The summed E-state index contributed by atoms with van der Waals surface area (Å²) in [5.74, 6) is 0.179. The molecular formula is C11H15N5OS3. The van der Waals surface area contributed by atoms with Crippen LogP contribution in [0.25, 0.3) is 0 Å². The Morgan fingerprint density at radius 3 is 2.50 bits per heavy atom.